The molecule has 1 aliphatic carbocycles. The molecule has 1 aliphatic heterocycles. The van der Waals surface area contributed by atoms with Crippen LogP contribution in [0, 0.1) is 0 Å². The van der Waals surface area contributed by atoms with E-state index in [1.54, 1.807) is 0 Å². The summed E-state index contributed by atoms with van der Waals surface area (Å²) >= 11 is 0. The molecule has 1 aromatic carbocycles. The zero-order valence-electron chi connectivity index (χ0n) is 16.7. The van der Waals surface area contributed by atoms with Crippen molar-refractivity contribution in [3.05, 3.63) is 35.7 Å². The van der Waals surface area contributed by atoms with Gasteiger partial charge in [-0.05, 0) is 24.3 Å². The number of carbonyl (C=O) groups is 1. The molecule has 4 rings (SSSR count). The summed E-state index contributed by atoms with van der Waals surface area (Å²) in [5.74, 6) is 1.94. The van der Waals surface area contributed by atoms with Crippen molar-refractivity contribution in [3.63, 3.8) is 0 Å². The number of nitrogens with zero attached hydrogens (tertiary/aromatic N) is 4. The highest BCUT2D eigenvalue weighted by molar-refractivity contribution is 5.78. The van der Waals surface area contributed by atoms with E-state index in [0.29, 0.717) is 36.8 Å². The molecule has 2 aliphatic rings. The average Bonchev–Trinajstić information content (AvgIpc) is 3.38. The third-order valence-corrected chi connectivity index (χ3v) is 5.44. The topological polar surface area (TPSA) is 74.5 Å². The lowest BCUT2D eigenvalue weighted by Gasteiger charge is -2.33. The molecule has 1 N–H and O–H groups in total. The molecule has 2 aromatic rings. The maximum Gasteiger partial charge on any atom is 0.241 e. The monoisotopic (exact) mass is 383 g/mol. The number of hydrogen-bond donors (Lipinski definition) is 1. The fourth-order valence-electron chi connectivity index (χ4n) is 3.45. The van der Waals surface area contributed by atoms with E-state index in [0.717, 1.165) is 44.6 Å². The quantitative estimate of drug-likeness (QED) is 0.791. The van der Waals surface area contributed by atoms with Crippen molar-refractivity contribution in [2.75, 3.05) is 32.7 Å². The summed E-state index contributed by atoms with van der Waals surface area (Å²) in [4.78, 5) is 21.0. The summed E-state index contributed by atoms with van der Waals surface area (Å²) in [6.45, 7) is 9.09. The predicted molar refractivity (Wildman–Crippen MR) is 107 cm³/mol. The summed E-state index contributed by atoms with van der Waals surface area (Å²) in [5.41, 5.74) is 2.28. The van der Waals surface area contributed by atoms with Gasteiger partial charge < -0.3 is 9.84 Å². The van der Waals surface area contributed by atoms with Gasteiger partial charge in [-0.1, -0.05) is 43.3 Å². The van der Waals surface area contributed by atoms with Gasteiger partial charge in [-0.25, -0.2) is 0 Å². The lowest BCUT2D eigenvalue weighted by Crippen LogP contribution is -2.49. The van der Waals surface area contributed by atoms with E-state index in [9.17, 15) is 4.79 Å². The van der Waals surface area contributed by atoms with E-state index in [1.165, 1.54) is 5.56 Å². The fourth-order valence-corrected chi connectivity index (χ4v) is 3.45. The van der Waals surface area contributed by atoms with Gasteiger partial charge in [0, 0.05) is 37.8 Å². The Hall–Kier alpha value is -2.25. The van der Waals surface area contributed by atoms with Crippen LogP contribution in [0.1, 0.15) is 44.1 Å². The van der Waals surface area contributed by atoms with Crippen LogP contribution in [-0.4, -0.2) is 64.6 Å². The molecule has 1 aromatic heterocycles. The number of hydrogen-bond acceptors (Lipinski definition) is 6. The molecule has 2 heterocycles. The van der Waals surface area contributed by atoms with Crippen LogP contribution < -0.4 is 5.32 Å². The van der Waals surface area contributed by atoms with E-state index in [1.807, 2.05) is 0 Å². The summed E-state index contributed by atoms with van der Waals surface area (Å²) in [7, 11) is 0. The van der Waals surface area contributed by atoms with Crippen molar-refractivity contribution in [2.45, 2.75) is 45.2 Å². The van der Waals surface area contributed by atoms with E-state index in [4.69, 9.17) is 4.52 Å². The average molecular weight is 383 g/mol. The van der Waals surface area contributed by atoms with Crippen LogP contribution in [0.15, 0.2) is 28.8 Å². The summed E-state index contributed by atoms with van der Waals surface area (Å²) < 4.78 is 5.46. The van der Waals surface area contributed by atoms with Crippen molar-refractivity contribution < 1.29 is 9.32 Å². The zero-order valence-corrected chi connectivity index (χ0v) is 16.7. The van der Waals surface area contributed by atoms with Gasteiger partial charge in [-0.2, -0.15) is 4.98 Å². The molecule has 0 spiro atoms. The smallest absolute Gasteiger partial charge is 0.241 e. The minimum Gasteiger partial charge on any atom is -0.352 e. The number of piperazine rings is 1. The van der Waals surface area contributed by atoms with Gasteiger partial charge in [0.2, 0.25) is 17.6 Å². The first-order chi connectivity index (χ1) is 13.6. The lowest BCUT2D eigenvalue weighted by molar-refractivity contribution is -0.122. The Kier molecular flexibility index (Phi) is 5.73. The molecular formula is C21H29N5O2. The van der Waals surface area contributed by atoms with Crippen LogP contribution in [0.25, 0.3) is 11.4 Å². The van der Waals surface area contributed by atoms with Crippen LogP contribution in [0.3, 0.4) is 0 Å². The number of aromatic nitrogens is 2. The highest BCUT2D eigenvalue weighted by Crippen LogP contribution is 2.21. The largest absolute Gasteiger partial charge is 0.352 e. The van der Waals surface area contributed by atoms with Crippen LogP contribution >= 0.6 is 0 Å². The number of nitrogens with one attached hydrogen (secondary N) is 1. The van der Waals surface area contributed by atoms with E-state index < -0.39 is 0 Å². The van der Waals surface area contributed by atoms with E-state index in [-0.39, 0.29) is 5.91 Å². The Labute approximate surface area is 166 Å². The normalized spacial score (nSPS) is 18.5. The first-order valence-corrected chi connectivity index (χ1v) is 10.2. The molecule has 1 saturated heterocycles. The Bertz CT molecular complexity index is 789. The molecule has 7 heteroatoms. The van der Waals surface area contributed by atoms with Crippen molar-refractivity contribution in [2.24, 2.45) is 0 Å². The van der Waals surface area contributed by atoms with Crippen molar-refractivity contribution in [3.8, 4) is 11.4 Å². The van der Waals surface area contributed by atoms with Gasteiger partial charge in [0.1, 0.15) is 0 Å². The summed E-state index contributed by atoms with van der Waals surface area (Å²) in [6.07, 6.45) is 2.26. The minimum absolute atomic E-state index is 0.154. The molecular weight excluding hydrogens is 354 g/mol. The maximum atomic E-state index is 11.9. The minimum atomic E-state index is 0.154. The van der Waals surface area contributed by atoms with Crippen molar-refractivity contribution in [1.29, 1.82) is 0 Å². The third-order valence-electron chi connectivity index (χ3n) is 5.44. The fraction of sp³-hybridized carbons (Fsp3) is 0.571. The summed E-state index contributed by atoms with van der Waals surface area (Å²) in [6, 6.07) is 8.77. The number of rotatable bonds is 7. The van der Waals surface area contributed by atoms with Gasteiger partial charge in [-0.3, -0.25) is 14.6 Å². The second-order valence-electron chi connectivity index (χ2n) is 8.18. The second kappa shape index (κ2) is 8.41. The molecule has 150 valence electrons. The SMILES string of the molecule is CC(C)c1ccc(-c2noc(CN3CCN(CC(=O)NC4CC4)CC3)n2)cc1. The summed E-state index contributed by atoms with van der Waals surface area (Å²) in [5, 5.41) is 7.19. The van der Waals surface area contributed by atoms with Crippen LogP contribution in [-0.2, 0) is 11.3 Å². The molecule has 1 amide bonds. The molecule has 0 radical (unpaired) electrons. The second-order valence-corrected chi connectivity index (χ2v) is 8.18. The van der Waals surface area contributed by atoms with Crippen LogP contribution in [0.2, 0.25) is 0 Å². The number of benzene rings is 1. The van der Waals surface area contributed by atoms with E-state index >= 15 is 0 Å². The molecule has 7 nitrogen and oxygen atoms in total. The van der Waals surface area contributed by atoms with Crippen LogP contribution in [0.5, 0.6) is 0 Å². The maximum absolute atomic E-state index is 11.9. The van der Waals surface area contributed by atoms with Gasteiger partial charge in [0.25, 0.3) is 0 Å². The molecule has 1 saturated carbocycles. The molecule has 0 bridgehead atoms. The van der Waals surface area contributed by atoms with Gasteiger partial charge in [0.05, 0.1) is 13.1 Å². The highest BCUT2D eigenvalue weighted by Gasteiger charge is 2.25. The lowest BCUT2D eigenvalue weighted by atomic mass is 10.0. The highest BCUT2D eigenvalue weighted by atomic mass is 16.5. The molecule has 28 heavy (non-hydrogen) atoms. The van der Waals surface area contributed by atoms with Gasteiger partial charge in [-0.15, -0.1) is 0 Å². The van der Waals surface area contributed by atoms with E-state index in [2.05, 4.69) is 63.4 Å². The predicted octanol–water partition coefficient (Wildman–Crippen LogP) is 2.26. The Morgan fingerprint density at radius 1 is 1.14 bits per heavy atom. The van der Waals surface area contributed by atoms with Crippen LogP contribution in [0.4, 0.5) is 0 Å². The molecule has 2 fully saturated rings. The standard InChI is InChI=1S/C21H29N5O2/c1-15(2)16-3-5-17(6-4-16)21-23-20(28-24-21)14-26-11-9-25(10-12-26)13-19(27)22-18-7-8-18/h3-6,15,18H,7-14H2,1-2H3,(H,22,27). The van der Waals surface area contributed by atoms with Gasteiger partial charge in [0.15, 0.2) is 0 Å². The van der Waals surface area contributed by atoms with Gasteiger partial charge >= 0.3 is 0 Å². The third kappa shape index (κ3) is 4.97. The Morgan fingerprint density at radius 2 is 1.82 bits per heavy atom. The van der Waals surface area contributed by atoms with Crippen molar-refractivity contribution in [1.82, 2.24) is 25.3 Å². The zero-order chi connectivity index (χ0) is 19.5. The number of amides is 1. The number of carbonyl (C=O) groups excluding carboxylic acids is 1. The first-order valence-electron chi connectivity index (χ1n) is 10.2. The molecule has 0 unspecified atom stereocenters. The Morgan fingerprint density at radius 3 is 2.46 bits per heavy atom. The first kappa shape index (κ1) is 19.1. The molecule has 0 atom stereocenters. The van der Waals surface area contributed by atoms with Crippen molar-refractivity contribution >= 4 is 5.91 Å². The Balaban J connectivity index is 1.26.